The van der Waals surface area contributed by atoms with Crippen LogP contribution in [0.3, 0.4) is 0 Å². The lowest BCUT2D eigenvalue weighted by Gasteiger charge is -2.09. The van der Waals surface area contributed by atoms with E-state index in [1.54, 1.807) is 37.6 Å². The average Bonchev–Trinajstić information content (AvgIpc) is 3.20. The number of anilines is 1. The van der Waals surface area contributed by atoms with Crippen molar-refractivity contribution in [2.45, 2.75) is 0 Å². The number of thiazole rings is 1. The van der Waals surface area contributed by atoms with Crippen LogP contribution >= 0.6 is 22.9 Å². The van der Waals surface area contributed by atoms with Crippen molar-refractivity contribution >= 4 is 55.1 Å². The smallest absolute Gasteiger partial charge is 0.258 e. The van der Waals surface area contributed by atoms with Gasteiger partial charge < -0.3 is 4.74 Å². The minimum absolute atomic E-state index is 0.294. The number of nitrogens with zero attached hydrogens (tertiary/aromatic N) is 3. The van der Waals surface area contributed by atoms with Gasteiger partial charge in [-0.05, 0) is 54.6 Å². The number of nitrogens with one attached hydrogen (secondary N) is 1. The standard InChI is InChI=1S/C23H15ClN4O2S/c1-30-14-6-8-19-21(11-14)31-23(27-19)28-22(29)16-12-20(18-4-2-3-9-25-18)26-17-7-5-13(24)10-15(16)17/h2-12H,1H3,(H,27,28,29). The van der Waals surface area contributed by atoms with Crippen molar-refractivity contribution in [3.05, 3.63) is 77.4 Å². The lowest BCUT2D eigenvalue weighted by molar-refractivity contribution is 0.102. The Morgan fingerprint density at radius 1 is 1.00 bits per heavy atom. The maximum Gasteiger partial charge on any atom is 0.258 e. The summed E-state index contributed by atoms with van der Waals surface area (Å²) in [6, 6.07) is 18.2. The number of carbonyl (C=O) groups is 1. The van der Waals surface area contributed by atoms with Crippen molar-refractivity contribution in [1.82, 2.24) is 15.0 Å². The fourth-order valence-electron chi connectivity index (χ4n) is 3.28. The number of aromatic nitrogens is 3. The van der Waals surface area contributed by atoms with E-state index < -0.39 is 0 Å². The summed E-state index contributed by atoms with van der Waals surface area (Å²) >= 11 is 7.58. The highest BCUT2D eigenvalue weighted by molar-refractivity contribution is 7.22. The van der Waals surface area contributed by atoms with E-state index in [1.165, 1.54) is 11.3 Å². The number of rotatable bonds is 4. The molecule has 5 aromatic rings. The van der Waals surface area contributed by atoms with Gasteiger partial charge in [0.1, 0.15) is 5.75 Å². The molecule has 1 amide bonds. The molecule has 0 atom stereocenters. The van der Waals surface area contributed by atoms with E-state index in [0.717, 1.165) is 16.0 Å². The zero-order valence-corrected chi connectivity index (χ0v) is 17.9. The van der Waals surface area contributed by atoms with Crippen LogP contribution in [-0.4, -0.2) is 28.0 Å². The number of carbonyl (C=O) groups excluding carboxylic acids is 1. The van der Waals surface area contributed by atoms with Crippen LogP contribution in [-0.2, 0) is 0 Å². The van der Waals surface area contributed by atoms with E-state index in [-0.39, 0.29) is 5.91 Å². The second-order valence-electron chi connectivity index (χ2n) is 6.74. The van der Waals surface area contributed by atoms with Gasteiger partial charge in [-0.2, -0.15) is 0 Å². The van der Waals surface area contributed by atoms with Crippen LogP contribution in [0, 0.1) is 0 Å². The summed E-state index contributed by atoms with van der Waals surface area (Å²) < 4.78 is 6.19. The zero-order valence-electron chi connectivity index (χ0n) is 16.3. The van der Waals surface area contributed by atoms with E-state index >= 15 is 0 Å². The highest BCUT2D eigenvalue weighted by Crippen LogP contribution is 2.31. The lowest BCUT2D eigenvalue weighted by Crippen LogP contribution is -2.13. The lowest BCUT2D eigenvalue weighted by atomic mass is 10.1. The molecule has 1 N–H and O–H groups in total. The van der Waals surface area contributed by atoms with Crippen molar-refractivity contribution in [2.24, 2.45) is 0 Å². The van der Waals surface area contributed by atoms with E-state index in [0.29, 0.717) is 38.0 Å². The highest BCUT2D eigenvalue weighted by atomic mass is 35.5. The molecule has 31 heavy (non-hydrogen) atoms. The highest BCUT2D eigenvalue weighted by Gasteiger charge is 2.17. The number of halogens is 1. The monoisotopic (exact) mass is 446 g/mol. The number of hydrogen-bond donors (Lipinski definition) is 1. The fraction of sp³-hybridized carbons (Fsp3) is 0.0435. The van der Waals surface area contributed by atoms with Crippen LogP contribution in [0.15, 0.2) is 66.9 Å². The predicted molar refractivity (Wildman–Crippen MR) is 124 cm³/mol. The largest absolute Gasteiger partial charge is 0.497 e. The van der Waals surface area contributed by atoms with Gasteiger partial charge in [0.05, 0.1) is 39.8 Å². The van der Waals surface area contributed by atoms with Crippen molar-refractivity contribution in [3.8, 4) is 17.1 Å². The summed E-state index contributed by atoms with van der Waals surface area (Å²) in [5, 5.41) is 4.60. The maximum atomic E-state index is 13.3. The minimum Gasteiger partial charge on any atom is -0.497 e. The maximum absolute atomic E-state index is 13.3. The van der Waals surface area contributed by atoms with Crippen molar-refractivity contribution in [2.75, 3.05) is 12.4 Å². The number of methoxy groups -OCH3 is 1. The van der Waals surface area contributed by atoms with Gasteiger partial charge in [0.25, 0.3) is 5.91 Å². The molecule has 0 saturated heterocycles. The summed E-state index contributed by atoms with van der Waals surface area (Å²) in [6.45, 7) is 0. The first-order chi connectivity index (χ1) is 15.1. The number of amides is 1. The summed E-state index contributed by atoms with van der Waals surface area (Å²) in [7, 11) is 1.61. The molecule has 0 unspecified atom stereocenters. The van der Waals surface area contributed by atoms with Crippen molar-refractivity contribution in [1.29, 1.82) is 0 Å². The van der Waals surface area contributed by atoms with Crippen molar-refractivity contribution in [3.63, 3.8) is 0 Å². The van der Waals surface area contributed by atoms with E-state index in [1.807, 2.05) is 36.4 Å². The second-order valence-corrected chi connectivity index (χ2v) is 8.21. The molecule has 0 aliphatic carbocycles. The Balaban J connectivity index is 1.58. The third-order valence-corrected chi connectivity index (χ3v) is 5.93. The first-order valence-corrected chi connectivity index (χ1v) is 10.6. The Hall–Kier alpha value is -3.55. The summed E-state index contributed by atoms with van der Waals surface area (Å²) in [5.74, 6) is 0.446. The van der Waals surface area contributed by atoms with Gasteiger partial charge in [-0.3, -0.25) is 15.1 Å². The molecule has 0 aliphatic heterocycles. The molecule has 0 spiro atoms. The third kappa shape index (κ3) is 3.81. The van der Waals surface area contributed by atoms with Crippen LogP contribution in [0.5, 0.6) is 5.75 Å². The molecular formula is C23H15ClN4O2S. The minimum atomic E-state index is -0.294. The third-order valence-electron chi connectivity index (χ3n) is 4.76. The molecule has 0 bridgehead atoms. The average molecular weight is 447 g/mol. The number of ether oxygens (including phenoxy) is 1. The Labute approximate surface area is 186 Å². The van der Waals surface area contributed by atoms with Crippen LogP contribution in [0.25, 0.3) is 32.5 Å². The van der Waals surface area contributed by atoms with Gasteiger partial charge in [-0.15, -0.1) is 0 Å². The van der Waals surface area contributed by atoms with Crippen molar-refractivity contribution < 1.29 is 9.53 Å². The first-order valence-electron chi connectivity index (χ1n) is 9.38. The summed E-state index contributed by atoms with van der Waals surface area (Å²) in [6.07, 6.45) is 1.69. The fourth-order valence-corrected chi connectivity index (χ4v) is 4.34. The molecule has 0 fully saturated rings. The molecule has 3 aromatic heterocycles. The Morgan fingerprint density at radius 3 is 2.68 bits per heavy atom. The second kappa shape index (κ2) is 7.94. The first kappa shape index (κ1) is 19.4. The summed E-state index contributed by atoms with van der Waals surface area (Å²) in [5.41, 5.74) is 3.18. The molecule has 152 valence electrons. The van der Waals surface area contributed by atoms with Gasteiger partial charge in [-0.25, -0.2) is 9.97 Å². The van der Waals surface area contributed by atoms with E-state index in [2.05, 4.69) is 20.3 Å². The molecule has 2 aromatic carbocycles. The summed E-state index contributed by atoms with van der Waals surface area (Å²) in [4.78, 5) is 26.8. The topological polar surface area (TPSA) is 77.0 Å². The number of hydrogen-bond acceptors (Lipinski definition) is 6. The van der Waals surface area contributed by atoms with Gasteiger partial charge in [-0.1, -0.05) is 29.0 Å². The molecule has 5 rings (SSSR count). The van der Waals surface area contributed by atoms with E-state index in [9.17, 15) is 4.79 Å². The molecule has 3 heterocycles. The van der Waals surface area contributed by atoms with Crippen LogP contribution < -0.4 is 10.1 Å². The zero-order chi connectivity index (χ0) is 21.4. The van der Waals surface area contributed by atoms with Crippen LogP contribution in [0.4, 0.5) is 5.13 Å². The molecule has 6 nitrogen and oxygen atoms in total. The van der Waals surface area contributed by atoms with Gasteiger partial charge in [0, 0.05) is 16.6 Å². The quantitative estimate of drug-likeness (QED) is 0.376. The predicted octanol–water partition coefficient (Wildman–Crippen LogP) is 5.82. The normalized spacial score (nSPS) is 11.0. The molecule has 0 aliphatic rings. The number of benzene rings is 2. The Kier molecular flexibility index (Phi) is 4.97. The molecular weight excluding hydrogens is 432 g/mol. The van der Waals surface area contributed by atoms with Crippen LogP contribution in [0.1, 0.15) is 10.4 Å². The van der Waals surface area contributed by atoms with Gasteiger partial charge in [0.15, 0.2) is 5.13 Å². The van der Waals surface area contributed by atoms with Crippen LogP contribution in [0.2, 0.25) is 5.02 Å². The molecule has 0 radical (unpaired) electrons. The van der Waals surface area contributed by atoms with E-state index in [4.69, 9.17) is 16.3 Å². The Morgan fingerprint density at radius 2 is 1.87 bits per heavy atom. The van der Waals surface area contributed by atoms with Gasteiger partial charge >= 0.3 is 0 Å². The number of pyridine rings is 2. The Bertz CT molecular complexity index is 1440. The van der Waals surface area contributed by atoms with Gasteiger partial charge in [0.2, 0.25) is 0 Å². The number of fused-ring (bicyclic) bond motifs is 2. The molecule has 0 saturated carbocycles. The SMILES string of the molecule is COc1ccc2nc(NC(=O)c3cc(-c4ccccn4)nc4ccc(Cl)cc34)sc2c1. The molecule has 8 heteroatoms.